The standard InChI is InChI=1S/C33H58N6O4S/c1-31(2,3)38(20-14-18-36(9)10)25-23(27(40)29(25)42)34-22(44-13)16-17-33(7,8)35-24-26(30(43)28(24)41)39(32(4,5)6)21-15-19-37(11)12/h22,34-35H,14-21H2,1-13H3. The SMILES string of the molecule is CSC(CCC(C)(C)Nc1c(N(CCCN(C)C)C(C)(C)C)c(=O)c1=O)Nc1c(N(CCCN(C)C)C(C)(C)C)c(=O)c1=O. The largest absolute Gasteiger partial charge is 0.375 e. The highest BCUT2D eigenvalue weighted by Gasteiger charge is 2.36. The first-order valence-electron chi connectivity index (χ1n) is 15.7. The third-order valence-corrected chi connectivity index (χ3v) is 8.91. The normalized spacial score (nSPS) is 13.7. The van der Waals surface area contributed by atoms with Gasteiger partial charge in [-0.05, 0) is 129 Å². The monoisotopic (exact) mass is 634 g/mol. The fourth-order valence-corrected chi connectivity index (χ4v) is 6.07. The number of anilines is 4. The van der Waals surface area contributed by atoms with Crippen LogP contribution >= 0.6 is 11.8 Å². The second kappa shape index (κ2) is 14.8. The number of rotatable bonds is 18. The first-order valence-corrected chi connectivity index (χ1v) is 17.0. The highest BCUT2D eigenvalue weighted by atomic mass is 32.2. The van der Waals surface area contributed by atoms with Crippen molar-refractivity contribution in [3.63, 3.8) is 0 Å². The molecule has 0 aliphatic heterocycles. The smallest absolute Gasteiger partial charge is 0.253 e. The Labute approximate surface area is 268 Å². The first-order chi connectivity index (χ1) is 20.1. The molecule has 1 atom stereocenters. The van der Waals surface area contributed by atoms with E-state index in [2.05, 4.69) is 71.8 Å². The van der Waals surface area contributed by atoms with Crippen molar-refractivity contribution in [3.8, 4) is 0 Å². The molecule has 0 aromatic heterocycles. The van der Waals surface area contributed by atoms with Gasteiger partial charge in [-0.3, -0.25) is 19.2 Å². The number of nitrogens with one attached hydrogen (secondary N) is 2. The molecule has 0 saturated heterocycles. The molecular formula is C33H58N6O4S. The lowest BCUT2D eigenvalue weighted by Gasteiger charge is -2.41. The quantitative estimate of drug-likeness (QED) is 0.185. The summed E-state index contributed by atoms with van der Waals surface area (Å²) in [6.45, 7) is 19.5. The lowest BCUT2D eigenvalue weighted by molar-refractivity contribution is 0.388. The maximum atomic E-state index is 12.8. The van der Waals surface area contributed by atoms with Gasteiger partial charge < -0.3 is 30.2 Å². The number of hydrogen-bond acceptors (Lipinski definition) is 11. The molecule has 2 rings (SSSR count). The average Bonchev–Trinajstić information content (AvgIpc) is 2.90. The Morgan fingerprint density at radius 1 is 0.636 bits per heavy atom. The molecule has 0 radical (unpaired) electrons. The maximum Gasteiger partial charge on any atom is 0.253 e. The third kappa shape index (κ3) is 9.57. The van der Waals surface area contributed by atoms with E-state index in [1.165, 1.54) is 0 Å². The Bertz CT molecular complexity index is 1370. The lowest BCUT2D eigenvalue weighted by atomic mass is 9.95. The molecule has 0 bridgehead atoms. The summed E-state index contributed by atoms with van der Waals surface area (Å²) in [6, 6.07) is 0. The van der Waals surface area contributed by atoms with E-state index in [1.54, 1.807) is 11.8 Å². The summed E-state index contributed by atoms with van der Waals surface area (Å²) in [5.41, 5.74) is -1.24. The zero-order chi connectivity index (χ0) is 33.8. The second-order valence-electron chi connectivity index (χ2n) is 15.1. The van der Waals surface area contributed by atoms with E-state index in [0.29, 0.717) is 48.7 Å². The van der Waals surface area contributed by atoms with Gasteiger partial charge in [0.15, 0.2) is 0 Å². The van der Waals surface area contributed by atoms with Gasteiger partial charge in [-0.1, -0.05) is 0 Å². The molecule has 2 aromatic carbocycles. The fourth-order valence-electron chi connectivity index (χ4n) is 5.48. The van der Waals surface area contributed by atoms with Crippen molar-refractivity contribution in [2.75, 3.05) is 81.1 Å². The topological polar surface area (TPSA) is 105 Å². The van der Waals surface area contributed by atoms with Crippen LogP contribution in [0.25, 0.3) is 0 Å². The minimum atomic E-state index is -0.500. The van der Waals surface area contributed by atoms with Gasteiger partial charge in [-0.15, -0.1) is 11.8 Å². The van der Waals surface area contributed by atoms with Crippen molar-refractivity contribution in [3.05, 3.63) is 40.9 Å². The van der Waals surface area contributed by atoms with Gasteiger partial charge in [0, 0.05) is 29.7 Å². The minimum Gasteiger partial charge on any atom is -0.375 e. The molecule has 0 heterocycles. The zero-order valence-electron chi connectivity index (χ0n) is 29.6. The summed E-state index contributed by atoms with van der Waals surface area (Å²) in [4.78, 5) is 59.6. The van der Waals surface area contributed by atoms with Crippen LogP contribution in [0.5, 0.6) is 0 Å². The van der Waals surface area contributed by atoms with Crippen molar-refractivity contribution < 1.29 is 0 Å². The summed E-state index contributed by atoms with van der Waals surface area (Å²) in [5, 5.41) is 6.67. The van der Waals surface area contributed by atoms with Crippen LogP contribution in [0.3, 0.4) is 0 Å². The Balaban J connectivity index is 2.21. The Kier molecular flexibility index (Phi) is 12.7. The van der Waals surface area contributed by atoms with Crippen LogP contribution < -0.4 is 42.1 Å². The molecule has 2 aromatic rings. The average molecular weight is 635 g/mol. The Hall–Kier alpha value is -2.37. The molecule has 250 valence electrons. The van der Waals surface area contributed by atoms with Gasteiger partial charge >= 0.3 is 0 Å². The third-order valence-electron chi connectivity index (χ3n) is 7.99. The van der Waals surface area contributed by atoms with Crippen LogP contribution in [0.4, 0.5) is 22.7 Å². The van der Waals surface area contributed by atoms with E-state index < -0.39 is 27.3 Å². The van der Waals surface area contributed by atoms with Gasteiger partial charge in [0.25, 0.3) is 21.7 Å². The van der Waals surface area contributed by atoms with E-state index in [9.17, 15) is 19.2 Å². The van der Waals surface area contributed by atoms with Gasteiger partial charge in [0.1, 0.15) is 22.7 Å². The number of hydrogen-bond donors (Lipinski definition) is 2. The summed E-state index contributed by atoms with van der Waals surface area (Å²) >= 11 is 1.59. The molecule has 44 heavy (non-hydrogen) atoms. The molecule has 0 aliphatic carbocycles. The van der Waals surface area contributed by atoms with Gasteiger partial charge in [-0.25, -0.2) is 0 Å². The Morgan fingerprint density at radius 3 is 1.43 bits per heavy atom. The minimum absolute atomic E-state index is 0.119. The lowest BCUT2D eigenvalue weighted by Crippen LogP contribution is -2.52. The molecule has 0 saturated carbocycles. The van der Waals surface area contributed by atoms with E-state index in [1.807, 2.05) is 48.3 Å². The predicted octanol–water partition coefficient (Wildman–Crippen LogP) is 3.76. The van der Waals surface area contributed by atoms with E-state index >= 15 is 0 Å². The molecule has 10 nitrogen and oxygen atoms in total. The van der Waals surface area contributed by atoms with Crippen molar-refractivity contribution >= 4 is 34.5 Å². The van der Waals surface area contributed by atoms with Crippen LogP contribution in [0, 0.1) is 0 Å². The van der Waals surface area contributed by atoms with Crippen molar-refractivity contribution in [2.24, 2.45) is 0 Å². The maximum absolute atomic E-state index is 12.8. The van der Waals surface area contributed by atoms with Gasteiger partial charge in [0.05, 0.1) is 5.37 Å². The number of nitrogens with zero attached hydrogens (tertiary/aromatic N) is 4. The molecule has 0 spiro atoms. The first kappa shape index (κ1) is 37.8. The van der Waals surface area contributed by atoms with Crippen LogP contribution in [0.1, 0.15) is 81.1 Å². The van der Waals surface area contributed by atoms with Crippen molar-refractivity contribution in [1.82, 2.24) is 9.80 Å². The van der Waals surface area contributed by atoms with Gasteiger partial charge in [0.2, 0.25) is 0 Å². The van der Waals surface area contributed by atoms with Crippen LogP contribution in [0.2, 0.25) is 0 Å². The van der Waals surface area contributed by atoms with Gasteiger partial charge in [-0.2, -0.15) is 0 Å². The van der Waals surface area contributed by atoms with Crippen LogP contribution in [0.15, 0.2) is 19.2 Å². The zero-order valence-corrected chi connectivity index (χ0v) is 30.4. The van der Waals surface area contributed by atoms with E-state index in [4.69, 9.17) is 0 Å². The molecule has 0 aliphatic rings. The van der Waals surface area contributed by atoms with Crippen molar-refractivity contribution in [2.45, 2.75) is 103 Å². The summed E-state index contributed by atoms with van der Waals surface area (Å²) in [7, 11) is 8.09. The second-order valence-corrected chi connectivity index (χ2v) is 16.2. The molecule has 0 amide bonds. The molecule has 2 N–H and O–H groups in total. The molecule has 0 fully saturated rings. The molecular weight excluding hydrogens is 576 g/mol. The van der Waals surface area contributed by atoms with Crippen molar-refractivity contribution in [1.29, 1.82) is 0 Å². The van der Waals surface area contributed by atoms with E-state index in [0.717, 1.165) is 25.9 Å². The van der Waals surface area contributed by atoms with Crippen LogP contribution in [-0.4, -0.2) is 92.4 Å². The Morgan fingerprint density at radius 2 is 1.05 bits per heavy atom. The predicted molar refractivity (Wildman–Crippen MR) is 191 cm³/mol. The molecule has 11 heteroatoms. The molecule has 1 unspecified atom stereocenters. The number of thioether (sulfide) groups is 1. The summed E-state index contributed by atoms with van der Waals surface area (Å²) in [6.07, 6.45) is 5.05. The highest BCUT2D eigenvalue weighted by Crippen LogP contribution is 2.33. The highest BCUT2D eigenvalue weighted by molar-refractivity contribution is 7.99. The summed E-state index contributed by atoms with van der Waals surface area (Å²) in [5.74, 6) is 0. The van der Waals surface area contributed by atoms with E-state index in [-0.39, 0.29) is 16.5 Å². The van der Waals surface area contributed by atoms with Crippen LogP contribution in [-0.2, 0) is 0 Å². The summed E-state index contributed by atoms with van der Waals surface area (Å²) < 4.78 is 0. The fraction of sp³-hybridized carbons (Fsp3) is 0.758.